The van der Waals surface area contributed by atoms with Crippen molar-refractivity contribution in [1.29, 1.82) is 0 Å². The fraction of sp³-hybridized carbons (Fsp3) is 0.400. The number of hydrogen-bond donors (Lipinski definition) is 0. The van der Waals surface area contributed by atoms with Gasteiger partial charge in [-0.15, -0.1) is 0 Å². The third kappa shape index (κ3) is 3.29. The van der Waals surface area contributed by atoms with Gasteiger partial charge in [0.25, 0.3) is 0 Å². The Morgan fingerprint density at radius 1 is 1.21 bits per heavy atom. The quantitative estimate of drug-likeness (QED) is 0.757. The lowest BCUT2D eigenvalue weighted by Crippen LogP contribution is -2.43. The van der Waals surface area contributed by atoms with E-state index in [0.717, 1.165) is 4.31 Å². The Bertz CT molecular complexity index is 555. The molecular weight excluding hydrogens is 356 g/mol. The van der Waals surface area contributed by atoms with Crippen LogP contribution in [-0.4, -0.2) is 35.9 Å². The van der Waals surface area contributed by atoms with E-state index in [4.69, 9.17) is 51.1 Å². The molecule has 4 nitrogen and oxygen atoms in total. The van der Waals surface area contributed by atoms with E-state index in [1.54, 1.807) is 0 Å². The summed E-state index contributed by atoms with van der Waals surface area (Å²) in [6.07, 6.45) is -1.14. The lowest BCUT2D eigenvalue weighted by molar-refractivity contribution is 0.0719. The van der Waals surface area contributed by atoms with E-state index in [1.165, 1.54) is 24.3 Å². The van der Waals surface area contributed by atoms with Gasteiger partial charge >= 0.3 is 0 Å². The first kappa shape index (κ1) is 15.6. The molecule has 106 valence electrons. The molecule has 0 spiro atoms. The van der Waals surface area contributed by atoms with Crippen LogP contribution < -0.4 is 0 Å². The second-order valence-corrected chi connectivity index (χ2v) is 8.53. The molecule has 0 aromatic heterocycles. The molecule has 19 heavy (non-hydrogen) atoms. The van der Waals surface area contributed by atoms with Crippen molar-refractivity contribution < 1.29 is 13.2 Å². The SMILES string of the molecule is O=S(=O)(c1ccc(Cl)cc1)N1CCO[C@H]1C(Cl)(Cl)Cl. The number of rotatable bonds is 2. The summed E-state index contributed by atoms with van der Waals surface area (Å²) in [7, 11) is -3.79. The van der Waals surface area contributed by atoms with Crippen LogP contribution in [0, 0.1) is 0 Å². The Hall–Kier alpha value is 0.250. The van der Waals surface area contributed by atoms with Crippen molar-refractivity contribution in [3.05, 3.63) is 29.3 Å². The Morgan fingerprint density at radius 2 is 1.79 bits per heavy atom. The van der Waals surface area contributed by atoms with Gasteiger partial charge in [0.2, 0.25) is 13.8 Å². The van der Waals surface area contributed by atoms with Gasteiger partial charge in [0.1, 0.15) is 0 Å². The number of alkyl halides is 3. The summed E-state index contributed by atoms with van der Waals surface area (Å²) in [5.41, 5.74) is 0. The molecule has 0 unspecified atom stereocenters. The molecule has 0 N–H and O–H groups in total. The van der Waals surface area contributed by atoms with E-state index < -0.39 is 20.0 Å². The van der Waals surface area contributed by atoms with Gasteiger partial charge in [-0.3, -0.25) is 0 Å². The van der Waals surface area contributed by atoms with E-state index in [9.17, 15) is 8.42 Å². The van der Waals surface area contributed by atoms with Crippen molar-refractivity contribution in [2.75, 3.05) is 13.2 Å². The molecule has 1 aliphatic heterocycles. The van der Waals surface area contributed by atoms with Crippen molar-refractivity contribution in [2.24, 2.45) is 0 Å². The molecule has 1 aromatic carbocycles. The Kier molecular flexibility index (Phi) is 4.58. The lowest BCUT2D eigenvalue weighted by Gasteiger charge is -2.27. The van der Waals surface area contributed by atoms with Crippen molar-refractivity contribution >= 4 is 56.4 Å². The first-order valence-corrected chi connectivity index (χ1v) is 8.14. The maximum Gasteiger partial charge on any atom is 0.245 e. The molecule has 0 radical (unpaired) electrons. The molecule has 0 saturated carbocycles. The van der Waals surface area contributed by atoms with Crippen LogP contribution >= 0.6 is 46.4 Å². The summed E-state index contributed by atoms with van der Waals surface area (Å²) in [6.45, 7) is 0.301. The number of halogens is 4. The smallest absolute Gasteiger partial charge is 0.245 e. The minimum absolute atomic E-state index is 0.0710. The third-order valence-electron chi connectivity index (χ3n) is 2.55. The van der Waals surface area contributed by atoms with Crippen molar-refractivity contribution in [2.45, 2.75) is 14.9 Å². The first-order chi connectivity index (χ1) is 8.73. The van der Waals surface area contributed by atoms with Gasteiger partial charge < -0.3 is 4.74 Å². The molecule has 2 rings (SSSR count). The highest BCUT2D eigenvalue weighted by Gasteiger charge is 2.47. The van der Waals surface area contributed by atoms with Crippen LogP contribution in [0.3, 0.4) is 0 Å². The minimum atomic E-state index is -3.79. The number of hydrogen-bond acceptors (Lipinski definition) is 3. The molecule has 1 atom stereocenters. The third-order valence-corrected chi connectivity index (χ3v) is 5.22. The molecule has 1 aliphatic rings. The van der Waals surface area contributed by atoms with E-state index in [1.807, 2.05) is 0 Å². The zero-order valence-electron chi connectivity index (χ0n) is 9.39. The predicted molar refractivity (Wildman–Crippen MR) is 75.4 cm³/mol. The Labute approximate surface area is 131 Å². The van der Waals surface area contributed by atoms with Gasteiger partial charge in [0, 0.05) is 11.6 Å². The molecule has 9 heteroatoms. The van der Waals surface area contributed by atoms with Gasteiger partial charge in [-0.1, -0.05) is 46.4 Å². The van der Waals surface area contributed by atoms with Crippen LogP contribution in [-0.2, 0) is 14.8 Å². The monoisotopic (exact) mass is 363 g/mol. The summed E-state index contributed by atoms with van der Waals surface area (Å²) >= 11 is 22.9. The number of sulfonamides is 1. The molecule has 0 amide bonds. The van der Waals surface area contributed by atoms with Crippen LogP contribution in [0.25, 0.3) is 0 Å². The summed E-state index contributed by atoms with van der Waals surface area (Å²) in [6, 6.07) is 5.75. The molecule has 0 aliphatic carbocycles. The fourth-order valence-corrected chi connectivity index (χ4v) is 4.08. The standard InChI is InChI=1S/C10H9Cl4NO3S/c11-7-1-3-8(4-2-7)19(16,17)15-5-6-18-9(15)10(12,13)14/h1-4,9H,5-6H2/t9-/m0/s1. The first-order valence-electron chi connectivity index (χ1n) is 5.18. The second-order valence-electron chi connectivity index (χ2n) is 3.83. The highest BCUT2D eigenvalue weighted by molar-refractivity contribution is 7.89. The zero-order chi connectivity index (χ0) is 14.3. The van der Waals surface area contributed by atoms with Crippen LogP contribution in [0.15, 0.2) is 29.2 Å². The van der Waals surface area contributed by atoms with Gasteiger partial charge in [0.05, 0.1) is 11.5 Å². The van der Waals surface area contributed by atoms with Crippen molar-refractivity contribution in [3.63, 3.8) is 0 Å². The van der Waals surface area contributed by atoms with Crippen molar-refractivity contribution in [3.8, 4) is 0 Å². The van der Waals surface area contributed by atoms with Crippen LogP contribution in [0.1, 0.15) is 0 Å². The molecule has 1 saturated heterocycles. The summed E-state index contributed by atoms with van der Waals surface area (Å²) in [4.78, 5) is 0.0710. The molecule has 1 aromatic rings. The van der Waals surface area contributed by atoms with E-state index >= 15 is 0 Å². The fourth-order valence-electron chi connectivity index (χ4n) is 1.70. The second kappa shape index (κ2) is 5.56. The number of ether oxygens (including phenoxy) is 1. The largest absolute Gasteiger partial charge is 0.356 e. The van der Waals surface area contributed by atoms with E-state index in [2.05, 4.69) is 0 Å². The number of nitrogens with zero attached hydrogens (tertiary/aromatic N) is 1. The van der Waals surface area contributed by atoms with Crippen molar-refractivity contribution in [1.82, 2.24) is 4.31 Å². The summed E-state index contributed by atoms with van der Waals surface area (Å²) in [5, 5.41) is 0.439. The van der Waals surface area contributed by atoms with Crippen LogP contribution in [0.2, 0.25) is 5.02 Å². The topological polar surface area (TPSA) is 46.6 Å². The Morgan fingerprint density at radius 3 is 2.32 bits per heavy atom. The van der Waals surface area contributed by atoms with Crippen LogP contribution in [0.4, 0.5) is 0 Å². The van der Waals surface area contributed by atoms with E-state index in [0.29, 0.717) is 5.02 Å². The number of benzene rings is 1. The minimum Gasteiger partial charge on any atom is -0.356 e. The van der Waals surface area contributed by atoms with Gasteiger partial charge in [-0.2, -0.15) is 4.31 Å². The van der Waals surface area contributed by atoms with Gasteiger partial charge in [0.15, 0.2) is 6.23 Å². The zero-order valence-corrected chi connectivity index (χ0v) is 13.2. The maximum atomic E-state index is 12.4. The predicted octanol–water partition coefficient (Wildman–Crippen LogP) is 3.06. The van der Waals surface area contributed by atoms with E-state index in [-0.39, 0.29) is 18.0 Å². The highest BCUT2D eigenvalue weighted by Crippen LogP contribution is 2.38. The lowest BCUT2D eigenvalue weighted by atomic mass is 10.4. The Balaban J connectivity index is 2.37. The van der Waals surface area contributed by atoms with Gasteiger partial charge in [-0.05, 0) is 24.3 Å². The van der Waals surface area contributed by atoms with Gasteiger partial charge in [-0.25, -0.2) is 8.42 Å². The summed E-state index contributed by atoms with van der Waals surface area (Å²) in [5.74, 6) is 0. The average molecular weight is 365 g/mol. The normalized spacial score (nSPS) is 21.8. The molecule has 1 fully saturated rings. The molecule has 0 bridgehead atoms. The molecule has 1 heterocycles. The molecular formula is C10H9Cl4NO3S. The summed E-state index contributed by atoms with van der Waals surface area (Å²) < 4.78 is 29.2. The average Bonchev–Trinajstić information content (AvgIpc) is 2.78. The van der Waals surface area contributed by atoms with Crippen LogP contribution in [0.5, 0.6) is 0 Å². The highest BCUT2D eigenvalue weighted by atomic mass is 35.6. The maximum absolute atomic E-state index is 12.4.